The molecule has 2 rings (SSSR count). The number of aliphatic hydroxyl groups excluding tert-OH is 1. The van der Waals surface area contributed by atoms with Crippen LogP contribution < -0.4 is 0 Å². The predicted octanol–water partition coefficient (Wildman–Crippen LogP) is 4.24. The molecule has 108 valence electrons. The minimum atomic E-state index is -0.788. The molecule has 20 heavy (non-hydrogen) atoms. The highest BCUT2D eigenvalue weighted by molar-refractivity contribution is 9.10. The van der Waals surface area contributed by atoms with Crippen LogP contribution in [0.25, 0.3) is 10.9 Å². The van der Waals surface area contributed by atoms with E-state index >= 15 is 0 Å². The summed E-state index contributed by atoms with van der Waals surface area (Å²) in [5.74, 6) is 0. The number of fused-ring (bicyclic) bond motifs is 1. The van der Waals surface area contributed by atoms with Gasteiger partial charge in [-0.05, 0) is 49.7 Å². The SMILES string of the molecule is C[C@@H](O)c1c(Br)c2ccccc2n1C(=O)OC(C)(C)C. The Bertz CT molecular complexity index is 653. The van der Waals surface area contributed by atoms with E-state index in [2.05, 4.69) is 15.9 Å². The number of ether oxygens (including phenoxy) is 1. The van der Waals surface area contributed by atoms with Gasteiger partial charge in [0.25, 0.3) is 0 Å². The Hall–Kier alpha value is -1.33. The first-order valence-corrected chi connectivity index (χ1v) is 7.22. The Morgan fingerprint density at radius 2 is 1.95 bits per heavy atom. The number of nitrogens with zero attached hydrogens (tertiary/aromatic N) is 1. The number of aliphatic hydroxyl groups is 1. The zero-order chi connectivity index (χ0) is 15.1. The van der Waals surface area contributed by atoms with Crippen molar-refractivity contribution in [2.75, 3.05) is 0 Å². The molecule has 1 aromatic carbocycles. The predicted molar refractivity (Wildman–Crippen MR) is 81.9 cm³/mol. The van der Waals surface area contributed by atoms with Gasteiger partial charge in [-0.1, -0.05) is 18.2 Å². The van der Waals surface area contributed by atoms with E-state index in [1.165, 1.54) is 4.57 Å². The van der Waals surface area contributed by atoms with Gasteiger partial charge in [0.2, 0.25) is 0 Å². The number of hydrogen-bond acceptors (Lipinski definition) is 3. The average molecular weight is 340 g/mol. The second-order valence-electron chi connectivity index (χ2n) is 5.71. The fourth-order valence-electron chi connectivity index (χ4n) is 2.09. The van der Waals surface area contributed by atoms with Crippen molar-refractivity contribution in [1.82, 2.24) is 4.57 Å². The molecule has 5 heteroatoms. The molecule has 1 N–H and O–H groups in total. The lowest BCUT2D eigenvalue weighted by molar-refractivity contribution is 0.0524. The van der Waals surface area contributed by atoms with Gasteiger partial charge in [0.1, 0.15) is 5.60 Å². The van der Waals surface area contributed by atoms with Gasteiger partial charge in [-0.15, -0.1) is 0 Å². The molecule has 0 saturated heterocycles. The van der Waals surface area contributed by atoms with Crippen molar-refractivity contribution in [3.8, 4) is 0 Å². The summed E-state index contributed by atoms with van der Waals surface area (Å²) in [4.78, 5) is 12.4. The van der Waals surface area contributed by atoms with Crippen LogP contribution in [-0.4, -0.2) is 21.4 Å². The van der Waals surface area contributed by atoms with Crippen molar-refractivity contribution in [2.24, 2.45) is 0 Å². The molecule has 2 aromatic rings. The number of rotatable bonds is 1. The first-order chi connectivity index (χ1) is 9.22. The maximum atomic E-state index is 12.4. The molecule has 0 aliphatic rings. The maximum Gasteiger partial charge on any atom is 0.419 e. The number of benzene rings is 1. The van der Waals surface area contributed by atoms with E-state index in [4.69, 9.17) is 4.74 Å². The van der Waals surface area contributed by atoms with Crippen molar-refractivity contribution in [3.05, 3.63) is 34.4 Å². The molecule has 0 fully saturated rings. The Morgan fingerprint density at radius 1 is 1.35 bits per heavy atom. The zero-order valence-corrected chi connectivity index (χ0v) is 13.6. The molecule has 0 aliphatic heterocycles. The molecule has 1 atom stereocenters. The number of carbonyl (C=O) groups excluding carboxylic acids is 1. The maximum absolute atomic E-state index is 12.4. The molecule has 0 aliphatic carbocycles. The van der Waals surface area contributed by atoms with E-state index in [0.29, 0.717) is 15.7 Å². The Labute approximate surface area is 126 Å². The summed E-state index contributed by atoms with van der Waals surface area (Å²) >= 11 is 3.46. The van der Waals surface area contributed by atoms with Crippen LogP contribution in [0.5, 0.6) is 0 Å². The second kappa shape index (κ2) is 5.22. The molecule has 1 heterocycles. The monoisotopic (exact) mass is 339 g/mol. The van der Waals surface area contributed by atoms with Crippen molar-refractivity contribution < 1.29 is 14.6 Å². The van der Waals surface area contributed by atoms with Crippen molar-refractivity contribution >= 4 is 32.9 Å². The molecule has 0 saturated carbocycles. The van der Waals surface area contributed by atoms with Gasteiger partial charge in [-0.2, -0.15) is 0 Å². The summed E-state index contributed by atoms with van der Waals surface area (Å²) in [6, 6.07) is 7.46. The smallest absolute Gasteiger partial charge is 0.419 e. The third-order valence-electron chi connectivity index (χ3n) is 2.82. The largest absolute Gasteiger partial charge is 0.443 e. The number of hydrogen-bond donors (Lipinski definition) is 1. The van der Waals surface area contributed by atoms with Gasteiger partial charge in [0, 0.05) is 9.86 Å². The normalized spacial score (nSPS) is 13.5. The Kier molecular flexibility index (Phi) is 3.93. The topological polar surface area (TPSA) is 51.5 Å². The lowest BCUT2D eigenvalue weighted by atomic mass is 10.2. The molecule has 0 unspecified atom stereocenters. The van der Waals surface area contributed by atoms with Gasteiger partial charge in [0.05, 0.1) is 17.3 Å². The Balaban J connectivity index is 2.67. The van der Waals surface area contributed by atoms with E-state index in [1.54, 1.807) is 6.92 Å². The third-order valence-corrected chi connectivity index (χ3v) is 3.65. The van der Waals surface area contributed by atoms with Crippen LogP contribution in [0.4, 0.5) is 4.79 Å². The standard InChI is InChI=1S/C15H18BrNO3/c1-9(18)13-12(16)10-7-5-6-8-11(10)17(13)14(19)20-15(2,3)4/h5-9,18H,1-4H3/t9-/m1/s1. The van der Waals surface area contributed by atoms with Gasteiger partial charge < -0.3 is 9.84 Å². The lowest BCUT2D eigenvalue weighted by Gasteiger charge is -2.21. The minimum Gasteiger partial charge on any atom is -0.443 e. The molecular weight excluding hydrogens is 322 g/mol. The number of carbonyl (C=O) groups is 1. The first-order valence-electron chi connectivity index (χ1n) is 6.42. The molecular formula is C15H18BrNO3. The Morgan fingerprint density at radius 3 is 2.50 bits per heavy atom. The number of halogens is 1. The van der Waals surface area contributed by atoms with Crippen LogP contribution in [0.2, 0.25) is 0 Å². The van der Waals surface area contributed by atoms with Crippen LogP contribution in [0.1, 0.15) is 39.5 Å². The van der Waals surface area contributed by atoms with Crippen LogP contribution in [-0.2, 0) is 4.74 Å². The van der Waals surface area contributed by atoms with Crippen LogP contribution in [0, 0.1) is 0 Å². The van der Waals surface area contributed by atoms with Gasteiger partial charge >= 0.3 is 6.09 Å². The molecule has 4 nitrogen and oxygen atoms in total. The zero-order valence-electron chi connectivity index (χ0n) is 12.0. The quantitative estimate of drug-likeness (QED) is 0.845. The molecule has 0 spiro atoms. The third kappa shape index (κ3) is 2.74. The summed E-state index contributed by atoms with van der Waals surface area (Å²) in [7, 11) is 0. The highest BCUT2D eigenvalue weighted by Crippen LogP contribution is 2.35. The molecule has 1 aromatic heterocycles. The summed E-state index contributed by atoms with van der Waals surface area (Å²) in [6.45, 7) is 7.06. The molecule has 0 radical (unpaired) electrons. The van der Waals surface area contributed by atoms with Crippen LogP contribution in [0.3, 0.4) is 0 Å². The summed E-state index contributed by atoms with van der Waals surface area (Å²) < 4.78 is 7.57. The number of para-hydroxylation sites is 1. The number of aromatic nitrogens is 1. The van der Waals surface area contributed by atoms with Crippen molar-refractivity contribution in [3.63, 3.8) is 0 Å². The van der Waals surface area contributed by atoms with E-state index in [9.17, 15) is 9.90 Å². The summed E-state index contributed by atoms with van der Waals surface area (Å²) in [6.07, 6.45) is -1.28. The highest BCUT2D eigenvalue weighted by atomic mass is 79.9. The summed E-state index contributed by atoms with van der Waals surface area (Å²) in [5, 5.41) is 10.8. The van der Waals surface area contributed by atoms with E-state index in [-0.39, 0.29) is 0 Å². The minimum absolute atomic E-state index is 0.490. The van der Waals surface area contributed by atoms with E-state index in [1.807, 2.05) is 45.0 Å². The summed E-state index contributed by atoms with van der Waals surface area (Å²) in [5.41, 5.74) is 0.621. The molecule has 0 bridgehead atoms. The van der Waals surface area contributed by atoms with E-state index < -0.39 is 17.8 Å². The van der Waals surface area contributed by atoms with Gasteiger partial charge in [-0.25, -0.2) is 9.36 Å². The second-order valence-corrected chi connectivity index (χ2v) is 6.50. The van der Waals surface area contributed by atoms with E-state index in [0.717, 1.165) is 5.39 Å². The van der Waals surface area contributed by atoms with Gasteiger partial charge in [-0.3, -0.25) is 0 Å². The lowest BCUT2D eigenvalue weighted by Crippen LogP contribution is -2.28. The highest BCUT2D eigenvalue weighted by Gasteiger charge is 2.26. The first kappa shape index (κ1) is 15.1. The van der Waals surface area contributed by atoms with Crippen LogP contribution >= 0.6 is 15.9 Å². The fourth-order valence-corrected chi connectivity index (χ4v) is 2.94. The average Bonchev–Trinajstić information content (AvgIpc) is 2.61. The molecule has 0 amide bonds. The fraction of sp³-hybridized carbons (Fsp3) is 0.400. The van der Waals surface area contributed by atoms with Crippen molar-refractivity contribution in [1.29, 1.82) is 0 Å². The van der Waals surface area contributed by atoms with Gasteiger partial charge in [0.15, 0.2) is 0 Å². The van der Waals surface area contributed by atoms with Crippen molar-refractivity contribution in [2.45, 2.75) is 39.4 Å². The van der Waals surface area contributed by atoms with Crippen LogP contribution in [0.15, 0.2) is 28.7 Å².